The lowest BCUT2D eigenvalue weighted by molar-refractivity contribution is 0.0400. The molecule has 0 saturated heterocycles. The SMILES string of the molecule is C=C.C=C/C(=C\C)COCCOCCO. The molecule has 0 bridgehead atoms. The van der Waals surface area contributed by atoms with Gasteiger partial charge in [0.1, 0.15) is 0 Å². The fourth-order valence-corrected chi connectivity index (χ4v) is 0.735. The first kappa shape index (κ1) is 16.5. The van der Waals surface area contributed by atoms with Crippen LogP contribution in [0.25, 0.3) is 0 Å². The Morgan fingerprint density at radius 1 is 1.20 bits per heavy atom. The number of ether oxygens (including phenoxy) is 2. The highest BCUT2D eigenvalue weighted by molar-refractivity contribution is 5.15. The van der Waals surface area contributed by atoms with Crippen LogP contribution in [0.4, 0.5) is 0 Å². The minimum Gasteiger partial charge on any atom is -0.394 e. The molecule has 88 valence electrons. The summed E-state index contributed by atoms with van der Waals surface area (Å²) in [5.41, 5.74) is 1.07. The lowest BCUT2D eigenvalue weighted by Gasteiger charge is -2.04. The molecule has 0 rings (SSSR count). The van der Waals surface area contributed by atoms with E-state index in [1.54, 1.807) is 6.08 Å². The fraction of sp³-hybridized carbons (Fsp3) is 0.500. The van der Waals surface area contributed by atoms with E-state index in [-0.39, 0.29) is 6.61 Å². The van der Waals surface area contributed by atoms with E-state index in [0.29, 0.717) is 26.4 Å². The average molecular weight is 214 g/mol. The normalized spacial score (nSPS) is 10.4. The molecule has 0 saturated carbocycles. The van der Waals surface area contributed by atoms with Crippen LogP contribution in [-0.4, -0.2) is 38.1 Å². The van der Waals surface area contributed by atoms with Crippen molar-refractivity contribution in [1.29, 1.82) is 0 Å². The van der Waals surface area contributed by atoms with E-state index in [1.165, 1.54) is 0 Å². The summed E-state index contributed by atoms with van der Waals surface area (Å²) >= 11 is 0. The fourth-order valence-electron chi connectivity index (χ4n) is 0.735. The van der Waals surface area contributed by atoms with Crippen LogP contribution in [-0.2, 0) is 9.47 Å². The predicted octanol–water partition coefficient (Wildman–Crippen LogP) is 1.95. The first-order chi connectivity index (χ1) is 7.35. The molecule has 3 heteroatoms. The maximum Gasteiger partial charge on any atom is 0.0714 e. The van der Waals surface area contributed by atoms with Crippen LogP contribution in [0.3, 0.4) is 0 Å². The van der Waals surface area contributed by atoms with Crippen molar-refractivity contribution in [3.63, 3.8) is 0 Å². The van der Waals surface area contributed by atoms with Crippen molar-refractivity contribution in [2.45, 2.75) is 6.92 Å². The van der Waals surface area contributed by atoms with E-state index in [2.05, 4.69) is 19.7 Å². The summed E-state index contributed by atoms with van der Waals surface area (Å²) < 4.78 is 10.3. The Bertz CT molecular complexity index is 164. The quantitative estimate of drug-likeness (QED) is 0.381. The van der Waals surface area contributed by atoms with E-state index in [0.717, 1.165) is 5.57 Å². The van der Waals surface area contributed by atoms with Crippen LogP contribution >= 0.6 is 0 Å². The molecule has 0 spiro atoms. The first-order valence-corrected chi connectivity index (χ1v) is 4.89. The van der Waals surface area contributed by atoms with E-state index in [1.807, 2.05) is 13.0 Å². The second-order valence-corrected chi connectivity index (χ2v) is 2.46. The van der Waals surface area contributed by atoms with Gasteiger partial charge in [0.15, 0.2) is 0 Å². The molecule has 0 aliphatic heterocycles. The van der Waals surface area contributed by atoms with E-state index in [4.69, 9.17) is 14.6 Å². The third kappa shape index (κ3) is 13.1. The lowest BCUT2D eigenvalue weighted by atomic mass is 10.3. The highest BCUT2D eigenvalue weighted by Gasteiger charge is 1.91. The van der Waals surface area contributed by atoms with Crippen LogP contribution < -0.4 is 0 Å². The molecule has 0 aromatic heterocycles. The standard InChI is InChI=1S/C10H18O3.C2H4/c1-3-10(4-2)9-13-8-7-12-6-5-11;1-2/h3-4,11H,1,5-9H2,2H3;1-2H2/b10-4+;. The molecule has 0 radical (unpaired) electrons. The summed E-state index contributed by atoms with van der Waals surface area (Å²) in [6, 6.07) is 0. The molecular weight excluding hydrogens is 192 g/mol. The van der Waals surface area contributed by atoms with Gasteiger partial charge in [-0.1, -0.05) is 18.7 Å². The second kappa shape index (κ2) is 15.6. The summed E-state index contributed by atoms with van der Waals surface area (Å²) in [7, 11) is 0. The second-order valence-electron chi connectivity index (χ2n) is 2.46. The summed E-state index contributed by atoms with van der Waals surface area (Å²) in [6.07, 6.45) is 3.73. The van der Waals surface area contributed by atoms with Crippen LogP contribution in [0.2, 0.25) is 0 Å². The summed E-state index contributed by atoms with van der Waals surface area (Å²) in [6.45, 7) is 13.7. The molecule has 1 N–H and O–H groups in total. The van der Waals surface area contributed by atoms with Crippen molar-refractivity contribution >= 4 is 0 Å². The zero-order valence-electron chi connectivity index (χ0n) is 9.58. The van der Waals surface area contributed by atoms with Crippen molar-refractivity contribution < 1.29 is 14.6 Å². The Balaban J connectivity index is 0. The van der Waals surface area contributed by atoms with Crippen molar-refractivity contribution in [2.75, 3.05) is 33.0 Å². The number of aliphatic hydroxyl groups excluding tert-OH is 1. The van der Waals surface area contributed by atoms with Gasteiger partial charge in [0.25, 0.3) is 0 Å². The molecular formula is C12H22O3. The van der Waals surface area contributed by atoms with Gasteiger partial charge in [0, 0.05) is 0 Å². The Kier molecular flexibility index (Phi) is 17.2. The summed E-state index contributed by atoms with van der Waals surface area (Å²) in [5, 5.41) is 8.40. The van der Waals surface area contributed by atoms with Gasteiger partial charge in [-0.05, 0) is 12.5 Å². The van der Waals surface area contributed by atoms with Crippen molar-refractivity contribution in [3.8, 4) is 0 Å². The van der Waals surface area contributed by atoms with Gasteiger partial charge in [-0.3, -0.25) is 0 Å². The maximum absolute atomic E-state index is 8.40. The molecule has 0 amide bonds. The Labute approximate surface area is 92.7 Å². The van der Waals surface area contributed by atoms with Gasteiger partial charge in [-0.2, -0.15) is 0 Å². The van der Waals surface area contributed by atoms with Gasteiger partial charge in [0.05, 0.1) is 33.0 Å². The number of rotatable bonds is 8. The molecule has 0 aromatic rings. The first-order valence-electron chi connectivity index (χ1n) is 4.89. The smallest absolute Gasteiger partial charge is 0.0714 e. The molecule has 3 nitrogen and oxygen atoms in total. The largest absolute Gasteiger partial charge is 0.394 e. The average Bonchev–Trinajstić information content (AvgIpc) is 2.31. The predicted molar refractivity (Wildman–Crippen MR) is 63.9 cm³/mol. The molecule has 0 unspecified atom stereocenters. The topological polar surface area (TPSA) is 38.7 Å². The highest BCUT2D eigenvalue weighted by atomic mass is 16.5. The van der Waals surface area contributed by atoms with Gasteiger partial charge >= 0.3 is 0 Å². The van der Waals surface area contributed by atoms with Crippen LogP contribution in [0.1, 0.15) is 6.92 Å². The lowest BCUT2D eigenvalue weighted by Crippen LogP contribution is -2.08. The van der Waals surface area contributed by atoms with Crippen molar-refractivity contribution in [1.82, 2.24) is 0 Å². The zero-order chi connectivity index (χ0) is 11.9. The molecule has 0 aliphatic rings. The molecule has 0 heterocycles. The molecule has 0 aliphatic carbocycles. The number of hydrogen-bond acceptors (Lipinski definition) is 3. The van der Waals surface area contributed by atoms with Crippen molar-refractivity contribution in [2.24, 2.45) is 0 Å². The third-order valence-electron chi connectivity index (χ3n) is 1.51. The Hall–Kier alpha value is -0.900. The number of allylic oxidation sites excluding steroid dienone is 1. The highest BCUT2D eigenvalue weighted by Crippen LogP contribution is 1.95. The van der Waals surface area contributed by atoms with Crippen LogP contribution in [0.15, 0.2) is 37.5 Å². The minimum absolute atomic E-state index is 0.0623. The molecule has 0 aromatic carbocycles. The molecule has 0 fully saturated rings. The van der Waals surface area contributed by atoms with E-state index >= 15 is 0 Å². The maximum atomic E-state index is 8.40. The minimum atomic E-state index is 0.0623. The third-order valence-corrected chi connectivity index (χ3v) is 1.51. The van der Waals surface area contributed by atoms with Gasteiger partial charge in [0.2, 0.25) is 0 Å². The van der Waals surface area contributed by atoms with E-state index in [9.17, 15) is 0 Å². The Morgan fingerprint density at radius 3 is 2.27 bits per heavy atom. The van der Waals surface area contributed by atoms with E-state index < -0.39 is 0 Å². The number of aliphatic hydroxyl groups is 1. The monoisotopic (exact) mass is 214 g/mol. The van der Waals surface area contributed by atoms with Crippen LogP contribution in [0.5, 0.6) is 0 Å². The van der Waals surface area contributed by atoms with Crippen molar-refractivity contribution in [3.05, 3.63) is 37.5 Å². The zero-order valence-corrected chi connectivity index (χ0v) is 9.58. The number of hydrogen-bond donors (Lipinski definition) is 1. The summed E-state index contributed by atoms with van der Waals surface area (Å²) in [4.78, 5) is 0. The van der Waals surface area contributed by atoms with Gasteiger partial charge in [-0.25, -0.2) is 0 Å². The van der Waals surface area contributed by atoms with Gasteiger partial charge < -0.3 is 14.6 Å². The molecule has 15 heavy (non-hydrogen) atoms. The van der Waals surface area contributed by atoms with Gasteiger partial charge in [-0.15, -0.1) is 13.2 Å². The Morgan fingerprint density at radius 2 is 1.80 bits per heavy atom. The summed E-state index contributed by atoms with van der Waals surface area (Å²) in [5.74, 6) is 0. The molecule has 0 atom stereocenters. The van der Waals surface area contributed by atoms with Crippen LogP contribution in [0, 0.1) is 0 Å².